The summed E-state index contributed by atoms with van der Waals surface area (Å²) >= 11 is 0. The van der Waals surface area contributed by atoms with Gasteiger partial charge in [-0.3, -0.25) is 16.0 Å². The van der Waals surface area contributed by atoms with Crippen molar-refractivity contribution >= 4 is 21.4 Å². The number of hydrazine groups is 1. The third-order valence-electron chi connectivity index (χ3n) is 3.39. The Morgan fingerprint density at radius 2 is 2.24 bits per heavy atom. The van der Waals surface area contributed by atoms with E-state index in [1.54, 1.807) is 0 Å². The van der Waals surface area contributed by atoms with Crippen molar-refractivity contribution < 1.29 is 18.1 Å². The van der Waals surface area contributed by atoms with Gasteiger partial charge in [-0.05, 0) is 12.5 Å². The van der Waals surface area contributed by atoms with Gasteiger partial charge in [-0.25, -0.2) is 8.42 Å². The number of benzene rings is 1. The van der Waals surface area contributed by atoms with Crippen molar-refractivity contribution in [1.29, 1.82) is 0 Å². The number of nitrogen functional groups attached to an aromatic ring is 1. The molecule has 0 saturated carbocycles. The number of nitrogens with zero attached hydrogens (tertiary/aromatic N) is 2. The lowest BCUT2D eigenvalue weighted by Crippen LogP contribution is -2.31. The average Bonchev–Trinajstić information content (AvgIpc) is 2.96. The first-order chi connectivity index (χ1) is 9.90. The second-order valence-corrected chi connectivity index (χ2v) is 6.50. The number of rotatable bonds is 5. The Kier molecular flexibility index (Phi) is 4.42. The second kappa shape index (κ2) is 5.93. The van der Waals surface area contributed by atoms with Gasteiger partial charge in [0.05, 0.1) is 16.7 Å². The lowest BCUT2D eigenvalue weighted by Gasteiger charge is -2.18. The Morgan fingerprint density at radius 3 is 2.76 bits per heavy atom. The maximum atomic E-state index is 12.6. The molecule has 1 aromatic rings. The predicted octanol–water partition coefficient (Wildman–Crippen LogP) is 0.290. The molecule has 0 aromatic heterocycles. The van der Waals surface area contributed by atoms with Gasteiger partial charge in [0.1, 0.15) is 4.90 Å². The number of ether oxygens (including phenoxy) is 1. The van der Waals surface area contributed by atoms with Crippen LogP contribution in [0.4, 0.5) is 11.4 Å². The zero-order valence-corrected chi connectivity index (χ0v) is 12.2. The van der Waals surface area contributed by atoms with Gasteiger partial charge in [0.15, 0.2) is 0 Å². The SMILES string of the molecule is COC1CCN(S(=O)(=O)c2cc([N+](=O)[O-])ccc2NN)C1. The number of hydrogen-bond acceptors (Lipinski definition) is 7. The third-order valence-corrected chi connectivity index (χ3v) is 5.30. The summed E-state index contributed by atoms with van der Waals surface area (Å²) < 4.78 is 31.6. The van der Waals surface area contributed by atoms with Crippen LogP contribution in [0.5, 0.6) is 0 Å². The van der Waals surface area contributed by atoms with Crippen molar-refractivity contribution in [3.05, 3.63) is 28.3 Å². The van der Waals surface area contributed by atoms with E-state index in [-0.39, 0.29) is 28.9 Å². The van der Waals surface area contributed by atoms with E-state index in [4.69, 9.17) is 10.6 Å². The quantitative estimate of drug-likeness (QED) is 0.454. The van der Waals surface area contributed by atoms with E-state index in [0.717, 1.165) is 6.07 Å². The maximum Gasteiger partial charge on any atom is 0.270 e. The number of anilines is 1. The molecule has 21 heavy (non-hydrogen) atoms. The monoisotopic (exact) mass is 316 g/mol. The van der Waals surface area contributed by atoms with Crippen molar-refractivity contribution in [3.63, 3.8) is 0 Å². The fourth-order valence-corrected chi connectivity index (χ4v) is 3.87. The highest BCUT2D eigenvalue weighted by Crippen LogP contribution is 2.30. The van der Waals surface area contributed by atoms with E-state index in [1.165, 1.54) is 23.5 Å². The highest BCUT2D eigenvalue weighted by molar-refractivity contribution is 7.89. The molecule has 1 saturated heterocycles. The van der Waals surface area contributed by atoms with Crippen LogP contribution in [0.25, 0.3) is 0 Å². The molecule has 9 nitrogen and oxygen atoms in total. The molecule has 1 heterocycles. The molecule has 0 bridgehead atoms. The van der Waals surface area contributed by atoms with Crippen molar-refractivity contribution in [3.8, 4) is 0 Å². The molecule has 1 aromatic carbocycles. The molecule has 0 amide bonds. The number of nitrogens with two attached hydrogens (primary N) is 1. The lowest BCUT2D eigenvalue weighted by atomic mass is 10.3. The van der Waals surface area contributed by atoms with Crippen LogP contribution in [-0.2, 0) is 14.8 Å². The molecule has 1 unspecified atom stereocenters. The highest BCUT2D eigenvalue weighted by atomic mass is 32.2. The molecule has 0 radical (unpaired) electrons. The minimum Gasteiger partial charge on any atom is -0.380 e. The molecule has 2 rings (SSSR count). The summed E-state index contributed by atoms with van der Waals surface area (Å²) in [5.41, 5.74) is 2.06. The molecule has 116 valence electrons. The van der Waals surface area contributed by atoms with Crippen molar-refractivity contribution in [2.75, 3.05) is 25.6 Å². The van der Waals surface area contributed by atoms with Crippen LogP contribution in [0, 0.1) is 10.1 Å². The van der Waals surface area contributed by atoms with Gasteiger partial charge in [0, 0.05) is 32.3 Å². The smallest absolute Gasteiger partial charge is 0.270 e. The molecule has 3 N–H and O–H groups in total. The van der Waals surface area contributed by atoms with E-state index < -0.39 is 14.9 Å². The van der Waals surface area contributed by atoms with E-state index >= 15 is 0 Å². The summed E-state index contributed by atoms with van der Waals surface area (Å²) in [6.07, 6.45) is 0.406. The van der Waals surface area contributed by atoms with Crippen molar-refractivity contribution in [2.24, 2.45) is 5.84 Å². The van der Waals surface area contributed by atoms with Crippen LogP contribution >= 0.6 is 0 Å². The zero-order valence-electron chi connectivity index (χ0n) is 11.4. The molecule has 1 atom stereocenters. The third kappa shape index (κ3) is 2.97. The summed E-state index contributed by atoms with van der Waals surface area (Å²) in [7, 11) is -2.36. The molecule has 0 aliphatic carbocycles. The minimum absolute atomic E-state index is 0.112. The van der Waals surface area contributed by atoms with Crippen LogP contribution in [-0.4, -0.2) is 43.9 Å². The number of nitrogens with one attached hydrogen (secondary N) is 1. The summed E-state index contributed by atoms with van der Waals surface area (Å²) in [6.45, 7) is 0.513. The zero-order chi connectivity index (χ0) is 15.6. The number of non-ortho nitro benzene ring substituents is 1. The van der Waals surface area contributed by atoms with Gasteiger partial charge in [-0.15, -0.1) is 0 Å². The summed E-state index contributed by atoms with van der Waals surface area (Å²) in [5.74, 6) is 5.30. The Hall–Kier alpha value is -1.75. The van der Waals surface area contributed by atoms with Crippen LogP contribution in [0.1, 0.15) is 6.42 Å². The van der Waals surface area contributed by atoms with Crippen molar-refractivity contribution in [1.82, 2.24) is 4.31 Å². The number of hydrogen-bond donors (Lipinski definition) is 2. The fraction of sp³-hybridized carbons (Fsp3) is 0.455. The summed E-state index contributed by atoms with van der Waals surface area (Å²) in [6, 6.07) is 3.47. The fourth-order valence-electron chi connectivity index (χ4n) is 2.20. The van der Waals surface area contributed by atoms with Crippen LogP contribution in [0.2, 0.25) is 0 Å². The van der Waals surface area contributed by atoms with E-state index in [0.29, 0.717) is 13.0 Å². The molecule has 1 aliphatic heterocycles. The number of methoxy groups -OCH3 is 1. The van der Waals surface area contributed by atoms with Gasteiger partial charge < -0.3 is 10.2 Å². The molecular weight excluding hydrogens is 300 g/mol. The Labute approximate surface area is 121 Å². The lowest BCUT2D eigenvalue weighted by molar-refractivity contribution is -0.385. The van der Waals surface area contributed by atoms with Gasteiger partial charge >= 0.3 is 0 Å². The van der Waals surface area contributed by atoms with Crippen LogP contribution < -0.4 is 11.3 Å². The Balaban J connectivity index is 2.43. The predicted molar refractivity (Wildman–Crippen MR) is 75.1 cm³/mol. The summed E-state index contributed by atoms with van der Waals surface area (Å²) in [4.78, 5) is 9.96. The highest BCUT2D eigenvalue weighted by Gasteiger charge is 2.34. The first-order valence-corrected chi connectivity index (χ1v) is 7.62. The summed E-state index contributed by atoms with van der Waals surface area (Å²) in [5, 5.41) is 10.8. The largest absolute Gasteiger partial charge is 0.380 e. The second-order valence-electron chi connectivity index (χ2n) is 4.59. The Bertz CT molecular complexity index is 648. The average molecular weight is 316 g/mol. The van der Waals surface area contributed by atoms with E-state index in [9.17, 15) is 18.5 Å². The van der Waals surface area contributed by atoms with Gasteiger partial charge in [-0.2, -0.15) is 4.31 Å². The first kappa shape index (κ1) is 15.6. The van der Waals surface area contributed by atoms with Crippen LogP contribution in [0.15, 0.2) is 23.1 Å². The van der Waals surface area contributed by atoms with E-state index in [2.05, 4.69) is 5.43 Å². The minimum atomic E-state index is -3.87. The first-order valence-electron chi connectivity index (χ1n) is 6.18. The standard InChI is InChI=1S/C11H16N4O5S/c1-20-9-4-5-14(7-9)21(18,19)11-6-8(15(16)17)2-3-10(11)13-12/h2-3,6,9,13H,4-5,7,12H2,1H3. The van der Waals surface area contributed by atoms with Gasteiger partial charge in [0.25, 0.3) is 5.69 Å². The van der Waals surface area contributed by atoms with E-state index in [1.807, 2.05) is 0 Å². The van der Waals surface area contributed by atoms with Crippen LogP contribution in [0.3, 0.4) is 0 Å². The maximum absolute atomic E-state index is 12.6. The normalized spacial score (nSPS) is 19.6. The van der Waals surface area contributed by atoms with Crippen molar-refractivity contribution in [2.45, 2.75) is 17.4 Å². The van der Waals surface area contributed by atoms with Gasteiger partial charge in [-0.1, -0.05) is 0 Å². The molecule has 10 heteroatoms. The Morgan fingerprint density at radius 1 is 1.52 bits per heavy atom. The molecule has 1 fully saturated rings. The molecule has 0 spiro atoms. The topological polar surface area (TPSA) is 128 Å². The number of nitro benzene ring substituents is 1. The molecule has 1 aliphatic rings. The number of nitro groups is 1. The van der Waals surface area contributed by atoms with Gasteiger partial charge in [0.2, 0.25) is 10.0 Å². The number of sulfonamides is 1. The molecular formula is C11H16N4O5S.